The van der Waals surface area contributed by atoms with E-state index < -0.39 is 7.12 Å². The number of nitrogens with one attached hydrogen (secondary N) is 1. The van der Waals surface area contributed by atoms with Crippen molar-refractivity contribution in [3.63, 3.8) is 0 Å². The molecule has 1 aromatic rings. The number of benzene rings is 1. The average molecular weight is 237 g/mol. The van der Waals surface area contributed by atoms with Crippen LogP contribution in [-0.2, 0) is 4.74 Å². The van der Waals surface area contributed by atoms with Crippen LogP contribution in [0.15, 0.2) is 24.3 Å². The zero-order valence-corrected chi connectivity index (χ0v) is 9.72. The highest BCUT2D eigenvalue weighted by molar-refractivity contribution is 6.58. The molecule has 92 valence electrons. The van der Waals surface area contributed by atoms with Crippen LogP contribution < -0.4 is 10.8 Å². The number of amides is 1. The molecule has 3 N–H and O–H groups in total. The summed E-state index contributed by atoms with van der Waals surface area (Å²) in [6, 6.07) is 6.10. The first-order valence-corrected chi connectivity index (χ1v) is 5.47. The van der Waals surface area contributed by atoms with Gasteiger partial charge in [0.25, 0.3) is 5.91 Å². The predicted octanol–water partition coefficient (Wildman–Crippen LogP) is -0.867. The van der Waals surface area contributed by atoms with Crippen LogP contribution in [0.3, 0.4) is 0 Å². The first kappa shape index (κ1) is 13.7. The number of carbonyl (C=O) groups is 1. The Bertz CT molecular complexity index is 353. The van der Waals surface area contributed by atoms with E-state index in [4.69, 9.17) is 14.8 Å². The number of hydrogen-bond donors (Lipinski definition) is 3. The number of rotatable bonds is 6. The summed E-state index contributed by atoms with van der Waals surface area (Å²) in [6.07, 6.45) is 0. The molecule has 0 saturated carbocycles. The molecule has 0 spiro atoms. The molecule has 0 atom stereocenters. The lowest BCUT2D eigenvalue weighted by molar-refractivity contribution is 0.0922. The summed E-state index contributed by atoms with van der Waals surface area (Å²) in [5.41, 5.74) is 0.835. The standard InChI is InChI=1S/C11H16BNO4/c1-2-17-8-7-13-11(14)9-3-5-10(6-4-9)12(15)16/h3-6,15-16H,2,7-8H2,1H3,(H,13,14). The number of carbonyl (C=O) groups excluding carboxylic acids is 1. The van der Waals surface area contributed by atoms with Crippen LogP contribution in [-0.4, -0.2) is 42.8 Å². The van der Waals surface area contributed by atoms with Gasteiger partial charge in [0.15, 0.2) is 0 Å². The summed E-state index contributed by atoms with van der Waals surface area (Å²) in [7, 11) is -1.51. The second kappa shape index (κ2) is 7.06. The van der Waals surface area contributed by atoms with Crippen molar-refractivity contribution in [2.75, 3.05) is 19.8 Å². The van der Waals surface area contributed by atoms with Crippen LogP contribution in [0, 0.1) is 0 Å². The van der Waals surface area contributed by atoms with Gasteiger partial charge in [0.2, 0.25) is 0 Å². The SMILES string of the molecule is CCOCCNC(=O)c1ccc(B(O)O)cc1. The maximum Gasteiger partial charge on any atom is 0.488 e. The molecule has 0 aliphatic carbocycles. The van der Waals surface area contributed by atoms with E-state index in [1.807, 2.05) is 6.92 Å². The minimum absolute atomic E-state index is 0.205. The molecule has 0 radical (unpaired) electrons. The van der Waals surface area contributed by atoms with E-state index in [-0.39, 0.29) is 5.91 Å². The molecule has 0 aliphatic heterocycles. The Hall–Kier alpha value is -1.37. The predicted molar refractivity (Wildman–Crippen MR) is 65.1 cm³/mol. The molecule has 0 unspecified atom stereocenters. The highest BCUT2D eigenvalue weighted by atomic mass is 16.5. The van der Waals surface area contributed by atoms with Crippen molar-refractivity contribution in [2.45, 2.75) is 6.92 Å². The quantitative estimate of drug-likeness (QED) is 0.444. The van der Waals surface area contributed by atoms with Gasteiger partial charge < -0.3 is 20.1 Å². The van der Waals surface area contributed by atoms with Crippen LogP contribution in [0.4, 0.5) is 0 Å². The minimum Gasteiger partial charge on any atom is -0.423 e. The summed E-state index contributed by atoms with van der Waals surface area (Å²) < 4.78 is 5.09. The Morgan fingerprint density at radius 1 is 1.35 bits per heavy atom. The maximum atomic E-state index is 11.6. The molecule has 1 aromatic carbocycles. The Morgan fingerprint density at radius 2 is 2.00 bits per heavy atom. The minimum atomic E-state index is -1.51. The van der Waals surface area contributed by atoms with Gasteiger partial charge in [-0.15, -0.1) is 0 Å². The zero-order chi connectivity index (χ0) is 12.7. The lowest BCUT2D eigenvalue weighted by Crippen LogP contribution is -2.31. The fourth-order valence-corrected chi connectivity index (χ4v) is 1.29. The van der Waals surface area contributed by atoms with E-state index in [0.29, 0.717) is 30.8 Å². The van der Waals surface area contributed by atoms with Crippen molar-refractivity contribution in [3.8, 4) is 0 Å². The molecule has 0 heterocycles. The van der Waals surface area contributed by atoms with Crippen LogP contribution in [0.2, 0.25) is 0 Å². The zero-order valence-electron chi connectivity index (χ0n) is 9.72. The second-order valence-corrected chi connectivity index (χ2v) is 3.45. The Balaban J connectivity index is 2.46. The summed E-state index contributed by atoms with van der Waals surface area (Å²) in [5, 5.41) is 20.5. The molecule has 17 heavy (non-hydrogen) atoms. The fourth-order valence-electron chi connectivity index (χ4n) is 1.29. The molecule has 6 heteroatoms. The van der Waals surface area contributed by atoms with Gasteiger partial charge in [0, 0.05) is 18.7 Å². The summed E-state index contributed by atoms with van der Waals surface area (Å²) in [5.74, 6) is -0.205. The molecular formula is C11H16BNO4. The molecule has 0 aromatic heterocycles. The molecular weight excluding hydrogens is 221 g/mol. The van der Waals surface area contributed by atoms with Crippen molar-refractivity contribution in [1.82, 2.24) is 5.32 Å². The van der Waals surface area contributed by atoms with Gasteiger partial charge in [-0.3, -0.25) is 4.79 Å². The monoisotopic (exact) mass is 237 g/mol. The Labute approximate surface area is 101 Å². The van der Waals surface area contributed by atoms with Gasteiger partial charge in [-0.05, 0) is 24.5 Å². The van der Waals surface area contributed by atoms with Gasteiger partial charge in [0.05, 0.1) is 6.61 Å². The van der Waals surface area contributed by atoms with Gasteiger partial charge >= 0.3 is 7.12 Å². The molecule has 1 amide bonds. The second-order valence-electron chi connectivity index (χ2n) is 3.45. The smallest absolute Gasteiger partial charge is 0.423 e. The van der Waals surface area contributed by atoms with E-state index in [0.717, 1.165) is 0 Å². The third kappa shape index (κ3) is 4.56. The largest absolute Gasteiger partial charge is 0.488 e. The lowest BCUT2D eigenvalue weighted by Gasteiger charge is -2.06. The molecule has 0 aliphatic rings. The fraction of sp³-hybridized carbons (Fsp3) is 0.364. The first-order valence-electron chi connectivity index (χ1n) is 5.47. The molecule has 0 fully saturated rings. The van der Waals surface area contributed by atoms with Crippen LogP contribution >= 0.6 is 0 Å². The van der Waals surface area contributed by atoms with E-state index in [1.54, 1.807) is 12.1 Å². The lowest BCUT2D eigenvalue weighted by atomic mass is 9.80. The summed E-state index contributed by atoms with van der Waals surface area (Å²) in [6.45, 7) is 3.45. The van der Waals surface area contributed by atoms with Crippen LogP contribution in [0.25, 0.3) is 0 Å². The van der Waals surface area contributed by atoms with Crippen molar-refractivity contribution < 1.29 is 19.6 Å². The molecule has 1 rings (SSSR count). The highest BCUT2D eigenvalue weighted by Crippen LogP contribution is 1.97. The Kier molecular flexibility index (Phi) is 5.69. The molecule has 0 bridgehead atoms. The highest BCUT2D eigenvalue weighted by Gasteiger charge is 2.11. The van der Waals surface area contributed by atoms with Crippen molar-refractivity contribution in [3.05, 3.63) is 29.8 Å². The Morgan fingerprint density at radius 3 is 2.53 bits per heavy atom. The third-order valence-corrected chi connectivity index (χ3v) is 2.21. The molecule has 5 nitrogen and oxygen atoms in total. The van der Waals surface area contributed by atoms with Gasteiger partial charge in [-0.25, -0.2) is 0 Å². The van der Waals surface area contributed by atoms with E-state index in [1.165, 1.54) is 12.1 Å². The number of ether oxygens (including phenoxy) is 1. The topological polar surface area (TPSA) is 78.8 Å². The average Bonchev–Trinajstić information content (AvgIpc) is 2.34. The van der Waals surface area contributed by atoms with E-state index in [2.05, 4.69) is 5.32 Å². The van der Waals surface area contributed by atoms with Gasteiger partial charge in [-0.2, -0.15) is 0 Å². The third-order valence-electron chi connectivity index (χ3n) is 2.21. The van der Waals surface area contributed by atoms with Gasteiger partial charge in [0.1, 0.15) is 0 Å². The summed E-state index contributed by atoms with van der Waals surface area (Å²) in [4.78, 5) is 11.6. The van der Waals surface area contributed by atoms with Crippen molar-refractivity contribution in [2.24, 2.45) is 0 Å². The normalized spacial score (nSPS) is 10.1. The first-order chi connectivity index (χ1) is 8.15. The van der Waals surface area contributed by atoms with Crippen LogP contribution in [0.5, 0.6) is 0 Å². The summed E-state index contributed by atoms with van der Waals surface area (Å²) >= 11 is 0. The number of hydrogen-bond acceptors (Lipinski definition) is 4. The van der Waals surface area contributed by atoms with Gasteiger partial charge in [-0.1, -0.05) is 12.1 Å². The molecule has 0 saturated heterocycles. The van der Waals surface area contributed by atoms with E-state index in [9.17, 15) is 4.79 Å². The van der Waals surface area contributed by atoms with E-state index >= 15 is 0 Å². The maximum absolute atomic E-state index is 11.6. The van der Waals surface area contributed by atoms with Crippen molar-refractivity contribution in [1.29, 1.82) is 0 Å². The van der Waals surface area contributed by atoms with Crippen LogP contribution in [0.1, 0.15) is 17.3 Å². The van der Waals surface area contributed by atoms with Crippen molar-refractivity contribution >= 4 is 18.5 Å².